The van der Waals surface area contributed by atoms with E-state index in [1.54, 1.807) is 35.2 Å². The summed E-state index contributed by atoms with van der Waals surface area (Å²) in [6.45, 7) is 2.73. The summed E-state index contributed by atoms with van der Waals surface area (Å²) in [5, 5.41) is 3.18. The summed E-state index contributed by atoms with van der Waals surface area (Å²) in [4.78, 5) is 26.4. The number of amides is 2. The van der Waals surface area contributed by atoms with Gasteiger partial charge in [-0.3, -0.25) is 9.59 Å². The van der Waals surface area contributed by atoms with Crippen LogP contribution in [0.25, 0.3) is 0 Å². The van der Waals surface area contributed by atoms with Crippen LogP contribution in [-0.4, -0.2) is 61.7 Å². The fourth-order valence-corrected chi connectivity index (χ4v) is 5.28. The SMILES string of the molecule is CC[C@@H]1Oc2ccc(S(=O)(=O)N3CCN(C(=O)c4cccc(Cl)c4)CC3)cc2NC1=O. The molecule has 0 unspecified atom stereocenters. The van der Waals surface area contributed by atoms with Crippen molar-refractivity contribution < 1.29 is 22.7 Å². The lowest BCUT2D eigenvalue weighted by Crippen LogP contribution is -2.50. The quantitative estimate of drug-likeness (QED) is 0.751. The predicted molar refractivity (Wildman–Crippen MR) is 116 cm³/mol. The second-order valence-electron chi connectivity index (χ2n) is 7.37. The third-order valence-corrected chi connectivity index (χ3v) is 7.51. The lowest BCUT2D eigenvalue weighted by atomic mass is 10.2. The molecule has 0 bridgehead atoms. The number of sulfonamides is 1. The van der Waals surface area contributed by atoms with E-state index in [1.165, 1.54) is 16.4 Å². The second kappa shape index (κ2) is 8.49. The van der Waals surface area contributed by atoms with Gasteiger partial charge in [0.25, 0.3) is 11.8 Å². The van der Waals surface area contributed by atoms with Crippen molar-refractivity contribution in [2.75, 3.05) is 31.5 Å². The smallest absolute Gasteiger partial charge is 0.265 e. The highest BCUT2D eigenvalue weighted by molar-refractivity contribution is 7.89. The van der Waals surface area contributed by atoms with Crippen molar-refractivity contribution in [3.63, 3.8) is 0 Å². The van der Waals surface area contributed by atoms with Crippen molar-refractivity contribution in [2.45, 2.75) is 24.3 Å². The van der Waals surface area contributed by atoms with Gasteiger partial charge in [0.1, 0.15) is 5.75 Å². The van der Waals surface area contributed by atoms with Crippen LogP contribution in [0, 0.1) is 0 Å². The summed E-state index contributed by atoms with van der Waals surface area (Å²) in [6.07, 6.45) is -0.0659. The van der Waals surface area contributed by atoms with E-state index >= 15 is 0 Å². The molecule has 2 aromatic rings. The highest BCUT2D eigenvalue weighted by Gasteiger charge is 2.32. The minimum absolute atomic E-state index is 0.0692. The van der Waals surface area contributed by atoms with Gasteiger partial charge >= 0.3 is 0 Å². The van der Waals surface area contributed by atoms with E-state index in [0.717, 1.165) is 0 Å². The van der Waals surface area contributed by atoms with Gasteiger partial charge in [0, 0.05) is 36.8 Å². The van der Waals surface area contributed by atoms with Crippen LogP contribution >= 0.6 is 11.6 Å². The van der Waals surface area contributed by atoms with Gasteiger partial charge in [-0.05, 0) is 42.8 Å². The number of ether oxygens (including phenoxy) is 1. The lowest BCUT2D eigenvalue weighted by molar-refractivity contribution is -0.123. The maximum absolute atomic E-state index is 13.1. The molecule has 1 N–H and O–H groups in total. The van der Waals surface area contributed by atoms with Crippen molar-refractivity contribution in [3.05, 3.63) is 53.1 Å². The van der Waals surface area contributed by atoms with Crippen LogP contribution in [0.1, 0.15) is 23.7 Å². The Kier molecular flexibility index (Phi) is 5.92. The predicted octanol–water partition coefficient (Wildman–Crippen LogP) is 2.60. The molecule has 2 amide bonds. The van der Waals surface area contributed by atoms with Crippen molar-refractivity contribution in [1.29, 1.82) is 0 Å². The zero-order chi connectivity index (χ0) is 22.2. The Bertz CT molecular complexity index is 1130. The molecule has 2 aliphatic rings. The van der Waals surface area contributed by atoms with E-state index in [4.69, 9.17) is 16.3 Å². The molecular formula is C21H22ClN3O5S. The molecule has 0 saturated carbocycles. The molecule has 1 fully saturated rings. The summed E-state index contributed by atoms with van der Waals surface area (Å²) in [7, 11) is -3.79. The number of halogens is 1. The Balaban J connectivity index is 1.47. The third kappa shape index (κ3) is 4.26. The molecule has 2 aromatic carbocycles. The van der Waals surface area contributed by atoms with Crippen molar-refractivity contribution in [3.8, 4) is 5.75 Å². The highest BCUT2D eigenvalue weighted by atomic mass is 35.5. The van der Waals surface area contributed by atoms with E-state index in [-0.39, 0.29) is 42.9 Å². The average Bonchev–Trinajstić information content (AvgIpc) is 2.77. The molecule has 0 aromatic heterocycles. The summed E-state index contributed by atoms with van der Waals surface area (Å²) in [5.41, 5.74) is 0.810. The van der Waals surface area contributed by atoms with E-state index < -0.39 is 16.1 Å². The number of anilines is 1. The Morgan fingerprint density at radius 2 is 1.90 bits per heavy atom. The minimum Gasteiger partial charge on any atom is -0.478 e. The molecule has 31 heavy (non-hydrogen) atoms. The largest absolute Gasteiger partial charge is 0.478 e. The fourth-order valence-electron chi connectivity index (χ4n) is 3.64. The molecule has 0 aliphatic carbocycles. The van der Waals surface area contributed by atoms with Gasteiger partial charge in [-0.15, -0.1) is 0 Å². The number of hydrogen-bond donors (Lipinski definition) is 1. The molecule has 8 nitrogen and oxygen atoms in total. The van der Waals surface area contributed by atoms with Crippen molar-refractivity contribution in [1.82, 2.24) is 9.21 Å². The van der Waals surface area contributed by atoms with Crippen LogP contribution in [0.4, 0.5) is 5.69 Å². The van der Waals surface area contributed by atoms with Gasteiger partial charge in [0.15, 0.2) is 6.10 Å². The molecule has 1 atom stereocenters. The van der Waals surface area contributed by atoms with Crippen LogP contribution in [0.2, 0.25) is 5.02 Å². The van der Waals surface area contributed by atoms with Crippen LogP contribution < -0.4 is 10.1 Å². The van der Waals surface area contributed by atoms with Crippen molar-refractivity contribution >= 4 is 39.1 Å². The van der Waals surface area contributed by atoms with E-state index in [1.807, 2.05) is 6.92 Å². The average molecular weight is 464 g/mol. The van der Waals surface area contributed by atoms with Gasteiger partial charge in [-0.25, -0.2) is 8.42 Å². The first kappa shape index (κ1) is 21.6. The number of benzene rings is 2. The van der Waals surface area contributed by atoms with E-state index in [9.17, 15) is 18.0 Å². The number of piperazine rings is 1. The third-order valence-electron chi connectivity index (χ3n) is 5.38. The van der Waals surface area contributed by atoms with E-state index in [2.05, 4.69) is 5.32 Å². The Morgan fingerprint density at radius 3 is 2.58 bits per heavy atom. The Hall–Kier alpha value is -2.62. The van der Waals surface area contributed by atoms with Gasteiger partial charge in [0.05, 0.1) is 10.6 Å². The highest BCUT2D eigenvalue weighted by Crippen LogP contribution is 2.33. The molecular weight excluding hydrogens is 442 g/mol. The number of fused-ring (bicyclic) bond motifs is 1. The number of nitrogens with zero attached hydrogens (tertiary/aromatic N) is 2. The van der Waals surface area contributed by atoms with Gasteiger partial charge < -0.3 is 15.0 Å². The standard InChI is InChI=1S/C21H22ClN3O5S/c1-2-18-20(26)23-17-13-16(6-7-19(17)30-18)31(28,29)25-10-8-24(9-11-25)21(27)14-4-3-5-15(22)12-14/h3-7,12-13,18H,2,8-11H2,1H3,(H,23,26)/t18-/m0/s1. The number of carbonyl (C=O) groups excluding carboxylic acids is 2. The first-order valence-corrected chi connectivity index (χ1v) is 11.8. The normalized spacial score (nSPS) is 19.4. The Labute approximate surface area is 185 Å². The first-order chi connectivity index (χ1) is 14.8. The monoisotopic (exact) mass is 463 g/mol. The maximum Gasteiger partial charge on any atom is 0.265 e. The van der Waals surface area contributed by atoms with Crippen LogP contribution in [0.15, 0.2) is 47.4 Å². The topological polar surface area (TPSA) is 96.0 Å². The van der Waals surface area contributed by atoms with E-state index in [0.29, 0.717) is 28.4 Å². The molecule has 2 heterocycles. The second-order valence-corrected chi connectivity index (χ2v) is 9.74. The summed E-state index contributed by atoms with van der Waals surface area (Å²) < 4.78 is 33.2. The van der Waals surface area contributed by atoms with Gasteiger partial charge in [-0.2, -0.15) is 4.31 Å². The Morgan fingerprint density at radius 1 is 1.16 bits per heavy atom. The molecule has 164 valence electrons. The van der Waals surface area contributed by atoms with Crippen LogP contribution in [0.5, 0.6) is 5.75 Å². The summed E-state index contributed by atoms with van der Waals surface area (Å²) in [5.74, 6) is -0.0290. The zero-order valence-corrected chi connectivity index (χ0v) is 18.4. The van der Waals surface area contributed by atoms with Gasteiger partial charge in [0.2, 0.25) is 10.0 Å². The van der Waals surface area contributed by atoms with Crippen LogP contribution in [0.3, 0.4) is 0 Å². The summed E-state index contributed by atoms with van der Waals surface area (Å²) in [6, 6.07) is 11.1. The summed E-state index contributed by atoms with van der Waals surface area (Å²) >= 11 is 5.96. The maximum atomic E-state index is 13.1. The van der Waals surface area contributed by atoms with Gasteiger partial charge in [-0.1, -0.05) is 24.6 Å². The minimum atomic E-state index is -3.79. The molecule has 0 spiro atoms. The van der Waals surface area contributed by atoms with Crippen molar-refractivity contribution in [2.24, 2.45) is 0 Å². The number of rotatable bonds is 4. The molecule has 0 radical (unpaired) electrons. The fraction of sp³-hybridized carbons (Fsp3) is 0.333. The number of carbonyl (C=O) groups is 2. The van der Waals surface area contributed by atoms with Crippen LogP contribution in [-0.2, 0) is 14.8 Å². The number of nitrogens with one attached hydrogen (secondary N) is 1. The zero-order valence-electron chi connectivity index (χ0n) is 16.9. The lowest BCUT2D eigenvalue weighted by Gasteiger charge is -2.34. The molecule has 1 saturated heterocycles. The molecule has 2 aliphatic heterocycles. The number of hydrogen-bond acceptors (Lipinski definition) is 5. The first-order valence-electron chi connectivity index (χ1n) is 9.96. The molecule has 10 heteroatoms. The molecule has 4 rings (SSSR count).